The molecule has 0 aliphatic heterocycles. The third kappa shape index (κ3) is 3.01. The molecule has 3 rings (SSSR count). The zero-order valence-electron chi connectivity index (χ0n) is 11.9. The maximum atomic E-state index is 5.84. The van der Waals surface area contributed by atoms with Gasteiger partial charge in [0.25, 0.3) is 0 Å². The topological polar surface area (TPSA) is 25.2 Å². The van der Waals surface area contributed by atoms with E-state index in [0.29, 0.717) is 11.5 Å². The van der Waals surface area contributed by atoms with Gasteiger partial charge in [0.05, 0.1) is 6.54 Å². The van der Waals surface area contributed by atoms with Crippen LogP contribution in [0.25, 0.3) is 11.0 Å². The minimum absolute atomic E-state index is 0.539. The van der Waals surface area contributed by atoms with E-state index in [9.17, 15) is 0 Å². The maximum absolute atomic E-state index is 5.84. The lowest BCUT2D eigenvalue weighted by Crippen LogP contribution is -2.35. The monoisotopic (exact) mass is 257 g/mol. The van der Waals surface area contributed by atoms with E-state index in [-0.39, 0.29) is 0 Å². The number of hydrogen-bond acceptors (Lipinski definition) is 2. The molecule has 0 atom stereocenters. The molecule has 1 N–H and O–H groups in total. The summed E-state index contributed by atoms with van der Waals surface area (Å²) in [6.07, 6.45) is 5.22. The largest absolute Gasteiger partial charge is 0.460 e. The molecule has 1 heterocycles. The number of para-hydroxylation sites is 1. The van der Waals surface area contributed by atoms with Gasteiger partial charge in [-0.15, -0.1) is 0 Å². The van der Waals surface area contributed by atoms with E-state index < -0.39 is 0 Å². The van der Waals surface area contributed by atoms with Crippen molar-refractivity contribution in [3.63, 3.8) is 0 Å². The van der Waals surface area contributed by atoms with Crippen molar-refractivity contribution in [1.29, 1.82) is 0 Å². The Morgan fingerprint density at radius 1 is 1.21 bits per heavy atom. The van der Waals surface area contributed by atoms with Crippen molar-refractivity contribution in [1.82, 2.24) is 5.32 Å². The highest BCUT2D eigenvalue weighted by Crippen LogP contribution is 2.35. The summed E-state index contributed by atoms with van der Waals surface area (Å²) >= 11 is 0. The molecular weight excluding hydrogens is 234 g/mol. The molecule has 0 radical (unpaired) electrons. The van der Waals surface area contributed by atoms with Crippen molar-refractivity contribution in [2.45, 2.75) is 52.1 Å². The van der Waals surface area contributed by atoms with Crippen molar-refractivity contribution < 1.29 is 4.42 Å². The number of furan rings is 1. The van der Waals surface area contributed by atoms with Gasteiger partial charge in [-0.05, 0) is 43.2 Å². The lowest BCUT2D eigenvalue weighted by Gasteiger charge is -2.34. The van der Waals surface area contributed by atoms with Gasteiger partial charge in [0.1, 0.15) is 11.3 Å². The molecule has 2 nitrogen and oxygen atoms in total. The van der Waals surface area contributed by atoms with Crippen molar-refractivity contribution in [3.05, 3.63) is 36.1 Å². The van der Waals surface area contributed by atoms with Crippen LogP contribution in [0.3, 0.4) is 0 Å². The quantitative estimate of drug-likeness (QED) is 0.876. The molecular formula is C17H23NO. The second kappa shape index (κ2) is 5.01. The average molecular weight is 257 g/mol. The van der Waals surface area contributed by atoms with Gasteiger partial charge >= 0.3 is 0 Å². The molecule has 19 heavy (non-hydrogen) atoms. The van der Waals surface area contributed by atoms with Gasteiger partial charge in [-0.1, -0.05) is 32.0 Å². The lowest BCUT2D eigenvalue weighted by atomic mass is 9.75. The molecule has 0 saturated heterocycles. The van der Waals surface area contributed by atoms with E-state index in [4.69, 9.17) is 4.42 Å². The average Bonchev–Trinajstić information content (AvgIpc) is 2.80. The van der Waals surface area contributed by atoms with Crippen LogP contribution in [-0.4, -0.2) is 6.04 Å². The summed E-state index contributed by atoms with van der Waals surface area (Å²) in [4.78, 5) is 0. The van der Waals surface area contributed by atoms with E-state index in [2.05, 4.69) is 37.4 Å². The highest BCUT2D eigenvalue weighted by Gasteiger charge is 2.26. The molecule has 0 spiro atoms. The fourth-order valence-corrected chi connectivity index (χ4v) is 2.97. The predicted molar refractivity (Wildman–Crippen MR) is 79.1 cm³/mol. The van der Waals surface area contributed by atoms with Gasteiger partial charge in [0.15, 0.2) is 0 Å². The Kier molecular flexibility index (Phi) is 3.36. The van der Waals surface area contributed by atoms with E-state index in [0.717, 1.165) is 17.9 Å². The summed E-state index contributed by atoms with van der Waals surface area (Å²) in [6, 6.07) is 11.0. The standard InChI is InChI=1S/C17H23NO/c1-17(2)9-7-14(8-10-17)18-12-15-11-13-5-3-4-6-16(13)19-15/h3-6,11,14,18H,7-10,12H2,1-2H3. The van der Waals surface area contributed by atoms with Crippen molar-refractivity contribution in [3.8, 4) is 0 Å². The lowest BCUT2D eigenvalue weighted by molar-refractivity contribution is 0.204. The molecule has 1 aromatic carbocycles. The van der Waals surface area contributed by atoms with Crippen LogP contribution in [0, 0.1) is 5.41 Å². The van der Waals surface area contributed by atoms with Crippen LogP contribution < -0.4 is 5.32 Å². The van der Waals surface area contributed by atoms with Crippen LogP contribution in [-0.2, 0) is 6.54 Å². The van der Waals surface area contributed by atoms with Crippen LogP contribution in [0.4, 0.5) is 0 Å². The fraction of sp³-hybridized carbons (Fsp3) is 0.529. The molecule has 1 aliphatic rings. The van der Waals surface area contributed by atoms with E-state index in [1.54, 1.807) is 0 Å². The van der Waals surface area contributed by atoms with Crippen LogP contribution in [0.2, 0.25) is 0 Å². The molecule has 1 aromatic heterocycles. The Hall–Kier alpha value is -1.28. The summed E-state index contributed by atoms with van der Waals surface area (Å²) in [5.41, 5.74) is 1.53. The molecule has 0 unspecified atom stereocenters. The van der Waals surface area contributed by atoms with E-state index in [1.165, 1.54) is 31.1 Å². The van der Waals surface area contributed by atoms with Crippen molar-refractivity contribution in [2.75, 3.05) is 0 Å². The molecule has 1 aliphatic carbocycles. The number of rotatable bonds is 3. The Morgan fingerprint density at radius 2 is 1.95 bits per heavy atom. The third-order valence-corrected chi connectivity index (χ3v) is 4.38. The Labute approximate surface area is 115 Å². The first-order chi connectivity index (χ1) is 9.12. The number of hydrogen-bond donors (Lipinski definition) is 1. The summed E-state index contributed by atoms with van der Waals surface area (Å²) in [7, 11) is 0. The SMILES string of the molecule is CC1(C)CCC(NCc2cc3ccccc3o2)CC1. The van der Waals surface area contributed by atoms with Crippen LogP contribution >= 0.6 is 0 Å². The normalized spacial score (nSPS) is 19.9. The van der Waals surface area contributed by atoms with Crippen LogP contribution in [0.1, 0.15) is 45.3 Å². The summed E-state index contributed by atoms with van der Waals surface area (Å²) in [6.45, 7) is 5.60. The second-order valence-electron chi connectivity index (χ2n) is 6.57. The molecule has 1 fully saturated rings. The first-order valence-electron chi connectivity index (χ1n) is 7.33. The zero-order chi connectivity index (χ0) is 13.3. The molecule has 2 aromatic rings. The molecule has 0 bridgehead atoms. The fourth-order valence-electron chi connectivity index (χ4n) is 2.97. The Balaban J connectivity index is 1.57. The molecule has 102 valence electrons. The predicted octanol–water partition coefficient (Wildman–Crippen LogP) is 4.49. The van der Waals surface area contributed by atoms with Crippen LogP contribution in [0.5, 0.6) is 0 Å². The Bertz CT molecular complexity index is 512. The van der Waals surface area contributed by atoms with Gasteiger partial charge in [-0.3, -0.25) is 0 Å². The molecule has 2 heteroatoms. The molecule has 0 amide bonds. The number of nitrogens with one attached hydrogen (secondary N) is 1. The zero-order valence-corrected chi connectivity index (χ0v) is 11.9. The first-order valence-corrected chi connectivity index (χ1v) is 7.33. The minimum atomic E-state index is 0.539. The van der Waals surface area contributed by atoms with Crippen molar-refractivity contribution >= 4 is 11.0 Å². The van der Waals surface area contributed by atoms with Gasteiger partial charge < -0.3 is 9.73 Å². The van der Waals surface area contributed by atoms with E-state index in [1.807, 2.05) is 12.1 Å². The van der Waals surface area contributed by atoms with Gasteiger partial charge in [0, 0.05) is 11.4 Å². The summed E-state index contributed by atoms with van der Waals surface area (Å²) in [5, 5.41) is 4.84. The van der Waals surface area contributed by atoms with Gasteiger partial charge in [-0.25, -0.2) is 0 Å². The maximum Gasteiger partial charge on any atom is 0.134 e. The highest BCUT2D eigenvalue weighted by molar-refractivity contribution is 5.77. The smallest absolute Gasteiger partial charge is 0.134 e. The number of benzene rings is 1. The number of fused-ring (bicyclic) bond motifs is 1. The first kappa shape index (κ1) is 12.7. The summed E-state index contributed by atoms with van der Waals surface area (Å²) < 4.78 is 5.84. The van der Waals surface area contributed by atoms with Gasteiger partial charge in [-0.2, -0.15) is 0 Å². The second-order valence-corrected chi connectivity index (χ2v) is 6.57. The molecule has 1 saturated carbocycles. The third-order valence-electron chi connectivity index (χ3n) is 4.38. The van der Waals surface area contributed by atoms with Gasteiger partial charge in [0.2, 0.25) is 0 Å². The van der Waals surface area contributed by atoms with Crippen LogP contribution in [0.15, 0.2) is 34.7 Å². The minimum Gasteiger partial charge on any atom is -0.460 e. The van der Waals surface area contributed by atoms with E-state index >= 15 is 0 Å². The summed E-state index contributed by atoms with van der Waals surface area (Å²) in [5.74, 6) is 1.05. The Morgan fingerprint density at radius 3 is 2.68 bits per heavy atom. The highest BCUT2D eigenvalue weighted by atomic mass is 16.3. The van der Waals surface area contributed by atoms with Crippen molar-refractivity contribution in [2.24, 2.45) is 5.41 Å².